The summed E-state index contributed by atoms with van der Waals surface area (Å²) in [6.07, 6.45) is 13.8. The molecule has 0 saturated carbocycles. The number of Topliss-reactive ketones (excluding diaryl/α,β-unsaturated/α-hetero) is 1. The van der Waals surface area contributed by atoms with Crippen molar-refractivity contribution in [2.75, 3.05) is 0 Å². The van der Waals surface area contributed by atoms with E-state index in [9.17, 15) is 19.5 Å². The molecule has 1 heterocycles. The Morgan fingerprint density at radius 1 is 0.885 bits per heavy atom. The third-order valence-corrected chi connectivity index (χ3v) is 5.38. The first-order valence-electron chi connectivity index (χ1n) is 10.4. The zero-order chi connectivity index (χ0) is 19.4. The van der Waals surface area contributed by atoms with Gasteiger partial charge in [0.25, 0.3) is 0 Å². The third-order valence-electron chi connectivity index (χ3n) is 5.38. The van der Waals surface area contributed by atoms with Crippen LogP contribution in [-0.2, 0) is 19.1 Å². The molecule has 0 aliphatic carbocycles. The van der Waals surface area contributed by atoms with Gasteiger partial charge in [-0.1, -0.05) is 64.7 Å². The summed E-state index contributed by atoms with van der Waals surface area (Å²) in [5.41, 5.74) is 0. The number of esters is 1. The molecule has 26 heavy (non-hydrogen) atoms. The smallest absolute Gasteiger partial charge is 0.311 e. The predicted octanol–water partition coefficient (Wildman–Crippen LogP) is 4.91. The molecular formula is C21H36O5. The summed E-state index contributed by atoms with van der Waals surface area (Å²) in [4.78, 5) is 33.6. The molecule has 0 bridgehead atoms. The first kappa shape index (κ1) is 22.7. The van der Waals surface area contributed by atoms with Crippen LogP contribution >= 0.6 is 0 Å². The second-order valence-corrected chi connectivity index (χ2v) is 7.76. The van der Waals surface area contributed by atoms with Crippen LogP contribution in [0.1, 0.15) is 97.3 Å². The van der Waals surface area contributed by atoms with Crippen molar-refractivity contribution >= 4 is 17.7 Å². The molecule has 3 atom stereocenters. The zero-order valence-electron chi connectivity index (χ0n) is 16.5. The van der Waals surface area contributed by atoms with Gasteiger partial charge in [0.05, 0.1) is 5.92 Å². The molecule has 0 aromatic carbocycles. The van der Waals surface area contributed by atoms with E-state index in [4.69, 9.17) is 4.74 Å². The van der Waals surface area contributed by atoms with Crippen LogP contribution in [0.25, 0.3) is 0 Å². The van der Waals surface area contributed by atoms with Crippen molar-refractivity contribution in [1.29, 1.82) is 0 Å². The number of unbranched alkanes of at least 4 members (excludes halogenated alkanes) is 10. The van der Waals surface area contributed by atoms with E-state index in [1.54, 1.807) is 13.8 Å². The van der Waals surface area contributed by atoms with Crippen LogP contribution in [0.4, 0.5) is 0 Å². The van der Waals surface area contributed by atoms with Crippen LogP contribution in [0.5, 0.6) is 0 Å². The van der Waals surface area contributed by atoms with Crippen molar-refractivity contribution < 1.29 is 24.2 Å². The topological polar surface area (TPSA) is 80.7 Å². The van der Waals surface area contributed by atoms with Gasteiger partial charge < -0.3 is 14.6 Å². The van der Waals surface area contributed by atoms with Crippen molar-refractivity contribution in [1.82, 2.24) is 0 Å². The Morgan fingerprint density at radius 3 is 1.81 bits per heavy atom. The Balaban J connectivity index is 1.93. The van der Waals surface area contributed by atoms with E-state index in [1.807, 2.05) is 0 Å². The van der Waals surface area contributed by atoms with Crippen LogP contribution < -0.4 is 0 Å². The van der Waals surface area contributed by atoms with Crippen molar-refractivity contribution in [3.63, 3.8) is 0 Å². The second-order valence-electron chi connectivity index (χ2n) is 7.76. The average molecular weight is 369 g/mol. The monoisotopic (exact) mass is 368 g/mol. The molecule has 1 unspecified atom stereocenters. The molecule has 1 aliphatic rings. The minimum atomic E-state index is -0.922. The Kier molecular flexibility index (Phi) is 11.2. The van der Waals surface area contributed by atoms with Gasteiger partial charge >= 0.3 is 11.9 Å². The second kappa shape index (κ2) is 12.9. The largest absolute Gasteiger partial charge is 0.481 e. The molecule has 5 nitrogen and oxygen atoms in total. The number of cyclic esters (lactones) is 1. The molecule has 150 valence electrons. The summed E-state index contributed by atoms with van der Waals surface area (Å²) in [5.74, 6) is -2.21. The molecule has 0 amide bonds. The molecule has 1 saturated heterocycles. The summed E-state index contributed by atoms with van der Waals surface area (Å²) < 4.78 is 5.22. The maximum Gasteiger partial charge on any atom is 0.311 e. The molecule has 1 aliphatic heterocycles. The summed E-state index contributed by atoms with van der Waals surface area (Å²) in [6.45, 7) is 3.30. The molecule has 0 aromatic heterocycles. The lowest BCUT2D eigenvalue weighted by Gasteiger charge is -2.15. The summed E-state index contributed by atoms with van der Waals surface area (Å²) in [6, 6.07) is 0. The van der Waals surface area contributed by atoms with Crippen LogP contribution in [0, 0.1) is 11.8 Å². The average Bonchev–Trinajstić information content (AvgIpc) is 2.86. The predicted molar refractivity (Wildman–Crippen MR) is 101 cm³/mol. The lowest BCUT2D eigenvalue weighted by Crippen LogP contribution is -2.27. The number of carboxylic acids is 1. The van der Waals surface area contributed by atoms with Gasteiger partial charge in [0.15, 0.2) is 0 Å². The molecular weight excluding hydrogens is 332 g/mol. The number of carboxylic acid groups (broad SMARTS) is 1. The van der Waals surface area contributed by atoms with E-state index in [0.29, 0.717) is 12.2 Å². The fourth-order valence-corrected chi connectivity index (χ4v) is 3.72. The van der Waals surface area contributed by atoms with Crippen LogP contribution in [0.15, 0.2) is 0 Å². The molecule has 0 radical (unpaired) electrons. The van der Waals surface area contributed by atoms with Gasteiger partial charge in [-0.2, -0.15) is 0 Å². The standard InChI is InChI=1S/C21H36O5/c1-16(22)14-12-10-8-6-4-3-5-7-9-11-13-15-18-19(20(23)24)17(2)21(25)26-18/h17-19H,3-15H2,1-2H3,(H,23,24)/t17?,18-,19-/m0/s1. The Labute approximate surface area is 157 Å². The number of carbonyl (C=O) groups is 3. The number of ketones is 1. The number of aliphatic carboxylic acids is 1. The van der Waals surface area contributed by atoms with Crippen LogP contribution in [-0.4, -0.2) is 28.9 Å². The molecule has 0 aromatic rings. The highest BCUT2D eigenvalue weighted by molar-refractivity contribution is 5.84. The first-order valence-corrected chi connectivity index (χ1v) is 10.4. The van der Waals surface area contributed by atoms with E-state index < -0.39 is 23.9 Å². The molecule has 1 fully saturated rings. The highest BCUT2D eigenvalue weighted by atomic mass is 16.6. The number of ether oxygens (including phenoxy) is 1. The normalized spacial score (nSPS) is 22.4. The Bertz CT molecular complexity index is 446. The van der Waals surface area contributed by atoms with Crippen molar-refractivity contribution in [3.8, 4) is 0 Å². The summed E-state index contributed by atoms with van der Waals surface area (Å²) in [7, 11) is 0. The Morgan fingerprint density at radius 2 is 1.35 bits per heavy atom. The number of rotatable bonds is 15. The number of carbonyl (C=O) groups excluding carboxylic acids is 2. The lowest BCUT2D eigenvalue weighted by molar-refractivity contribution is -0.144. The number of hydrogen-bond acceptors (Lipinski definition) is 4. The van der Waals surface area contributed by atoms with Gasteiger partial charge in [-0.15, -0.1) is 0 Å². The number of hydrogen-bond donors (Lipinski definition) is 1. The highest BCUT2D eigenvalue weighted by Crippen LogP contribution is 2.31. The summed E-state index contributed by atoms with van der Waals surface area (Å²) in [5, 5.41) is 9.24. The van der Waals surface area contributed by atoms with E-state index in [2.05, 4.69) is 0 Å². The van der Waals surface area contributed by atoms with Crippen LogP contribution in [0.2, 0.25) is 0 Å². The Hall–Kier alpha value is -1.39. The van der Waals surface area contributed by atoms with Crippen molar-refractivity contribution in [2.24, 2.45) is 11.8 Å². The first-order chi connectivity index (χ1) is 12.4. The van der Waals surface area contributed by atoms with Gasteiger partial charge in [-0.25, -0.2) is 0 Å². The SMILES string of the molecule is CC(=O)CCCCCCCCCCCCC[C@@H]1OC(=O)C(C)[C@@H]1C(=O)O. The van der Waals surface area contributed by atoms with Gasteiger partial charge in [-0.05, 0) is 26.2 Å². The van der Waals surface area contributed by atoms with Crippen LogP contribution in [0.3, 0.4) is 0 Å². The highest BCUT2D eigenvalue weighted by Gasteiger charge is 2.45. The summed E-state index contributed by atoms with van der Waals surface area (Å²) >= 11 is 0. The third kappa shape index (κ3) is 8.81. The van der Waals surface area contributed by atoms with Crippen molar-refractivity contribution in [2.45, 2.75) is 103 Å². The maximum atomic E-state index is 11.5. The van der Waals surface area contributed by atoms with Gasteiger partial charge in [0.2, 0.25) is 0 Å². The van der Waals surface area contributed by atoms with E-state index in [-0.39, 0.29) is 5.97 Å². The van der Waals surface area contributed by atoms with Gasteiger partial charge in [0.1, 0.15) is 17.8 Å². The molecule has 1 rings (SSSR count). The molecule has 0 spiro atoms. The quantitative estimate of drug-likeness (QED) is 0.328. The zero-order valence-corrected chi connectivity index (χ0v) is 16.5. The fraction of sp³-hybridized carbons (Fsp3) is 0.857. The molecule has 5 heteroatoms. The molecule has 1 N–H and O–H groups in total. The maximum absolute atomic E-state index is 11.5. The minimum Gasteiger partial charge on any atom is -0.481 e. The fourth-order valence-electron chi connectivity index (χ4n) is 3.72. The lowest BCUT2D eigenvalue weighted by atomic mass is 9.89. The van der Waals surface area contributed by atoms with E-state index in [0.717, 1.165) is 32.1 Å². The van der Waals surface area contributed by atoms with E-state index in [1.165, 1.54) is 44.9 Å². The van der Waals surface area contributed by atoms with Gasteiger partial charge in [0, 0.05) is 6.42 Å². The van der Waals surface area contributed by atoms with E-state index >= 15 is 0 Å². The minimum absolute atomic E-state index is 0.295. The van der Waals surface area contributed by atoms with Crippen molar-refractivity contribution in [3.05, 3.63) is 0 Å². The van der Waals surface area contributed by atoms with Gasteiger partial charge in [-0.3, -0.25) is 9.59 Å².